The third-order valence-corrected chi connectivity index (χ3v) is 3.48. The molecule has 0 heterocycles. The first-order valence-corrected chi connectivity index (χ1v) is 7.73. The van der Waals surface area contributed by atoms with Gasteiger partial charge in [0, 0.05) is 6.54 Å². The molecule has 2 rings (SSSR count). The van der Waals surface area contributed by atoms with Crippen LogP contribution in [0.2, 0.25) is 0 Å². The molecular formula is C19H21NO3. The third kappa shape index (κ3) is 5.25. The van der Waals surface area contributed by atoms with Crippen molar-refractivity contribution in [2.24, 2.45) is 5.92 Å². The van der Waals surface area contributed by atoms with Gasteiger partial charge in [0.1, 0.15) is 5.92 Å². The summed E-state index contributed by atoms with van der Waals surface area (Å²) in [5, 5.41) is 2.82. The van der Waals surface area contributed by atoms with Crippen LogP contribution in [0.3, 0.4) is 0 Å². The van der Waals surface area contributed by atoms with E-state index in [-0.39, 0.29) is 12.5 Å². The van der Waals surface area contributed by atoms with Gasteiger partial charge in [-0.2, -0.15) is 0 Å². The molecule has 0 aliphatic rings. The topological polar surface area (TPSA) is 55.4 Å². The molecule has 0 radical (unpaired) electrons. The van der Waals surface area contributed by atoms with E-state index >= 15 is 0 Å². The Kier molecular flexibility index (Phi) is 6.36. The maximum absolute atomic E-state index is 12.4. The van der Waals surface area contributed by atoms with Crippen LogP contribution in [0.1, 0.15) is 18.1 Å². The van der Waals surface area contributed by atoms with E-state index in [1.165, 1.54) is 0 Å². The highest BCUT2D eigenvalue weighted by atomic mass is 16.5. The van der Waals surface area contributed by atoms with Crippen LogP contribution >= 0.6 is 0 Å². The van der Waals surface area contributed by atoms with Crippen LogP contribution in [0.4, 0.5) is 0 Å². The molecule has 0 unspecified atom stereocenters. The van der Waals surface area contributed by atoms with Gasteiger partial charge < -0.3 is 10.1 Å². The molecule has 1 atom stereocenters. The minimum Gasteiger partial charge on any atom is -0.465 e. The quantitative estimate of drug-likeness (QED) is 0.632. The summed E-state index contributed by atoms with van der Waals surface area (Å²) in [5.41, 5.74) is 1.92. The van der Waals surface area contributed by atoms with Crippen molar-refractivity contribution >= 4 is 11.9 Å². The molecule has 0 aliphatic heterocycles. The lowest BCUT2D eigenvalue weighted by Crippen LogP contribution is -2.37. The summed E-state index contributed by atoms with van der Waals surface area (Å²) in [4.78, 5) is 24.5. The second kappa shape index (κ2) is 8.73. The highest BCUT2D eigenvalue weighted by molar-refractivity contribution is 5.98. The second-order valence-electron chi connectivity index (χ2n) is 5.20. The predicted molar refractivity (Wildman–Crippen MR) is 88.6 cm³/mol. The number of carbonyl (C=O) groups excluding carboxylic acids is 2. The summed E-state index contributed by atoms with van der Waals surface area (Å²) in [7, 11) is 0. The van der Waals surface area contributed by atoms with Crippen LogP contribution in [0.5, 0.6) is 0 Å². The van der Waals surface area contributed by atoms with Gasteiger partial charge in [-0.1, -0.05) is 60.7 Å². The lowest BCUT2D eigenvalue weighted by molar-refractivity contribution is -0.152. The zero-order valence-electron chi connectivity index (χ0n) is 13.2. The predicted octanol–water partition coefficient (Wildman–Crippen LogP) is 2.72. The fourth-order valence-electron chi connectivity index (χ4n) is 2.28. The number of ether oxygens (including phenoxy) is 1. The van der Waals surface area contributed by atoms with E-state index in [9.17, 15) is 9.59 Å². The second-order valence-corrected chi connectivity index (χ2v) is 5.20. The molecule has 0 saturated carbocycles. The SMILES string of the molecule is CCOC(=O)[C@@H](Cc1ccccc1)C(=O)NCc1ccccc1. The van der Waals surface area contributed by atoms with Crippen LogP contribution in [-0.4, -0.2) is 18.5 Å². The van der Waals surface area contributed by atoms with Gasteiger partial charge in [-0.25, -0.2) is 0 Å². The molecule has 0 bridgehead atoms. The first-order valence-electron chi connectivity index (χ1n) is 7.73. The van der Waals surface area contributed by atoms with Crippen molar-refractivity contribution < 1.29 is 14.3 Å². The molecule has 120 valence electrons. The Morgan fingerprint density at radius 2 is 1.52 bits per heavy atom. The normalized spacial score (nSPS) is 11.5. The summed E-state index contributed by atoms with van der Waals surface area (Å²) < 4.78 is 5.05. The summed E-state index contributed by atoms with van der Waals surface area (Å²) >= 11 is 0. The average molecular weight is 311 g/mol. The highest BCUT2D eigenvalue weighted by Gasteiger charge is 2.28. The largest absolute Gasteiger partial charge is 0.465 e. The lowest BCUT2D eigenvalue weighted by Gasteiger charge is -2.16. The Balaban J connectivity index is 2.03. The number of carbonyl (C=O) groups is 2. The Morgan fingerprint density at radius 1 is 0.957 bits per heavy atom. The van der Waals surface area contributed by atoms with Crippen LogP contribution in [0.15, 0.2) is 60.7 Å². The summed E-state index contributed by atoms with van der Waals surface area (Å²) in [6.45, 7) is 2.39. The fourth-order valence-corrected chi connectivity index (χ4v) is 2.28. The number of amides is 1. The molecule has 23 heavy (non-hydrogen) atoms. The zero-order valence-corrected chi connectivity index (χ0v) is 13.2. The molecule has 4 nitrogen and oxygen atoms in total. The Hall–Kier alpha value is -2.62. The minimum atomic E-state index is -0.832. The number of hydrogen-bond donors (Lipinski definition) is 1. The van der Waals surface area contributed by atoms with Crippen molar-refractivity contribution in [2.75, 3.05) is 6.61 Å². The van der Waals surface area contributed by atoms with Crippen molar-refractivity contribution in [3.8, 4) is 0 Å². The molecule has 1 N–H and O–H groups in total. The summed E-state index contributed by atoms with van der Waals surface area (Å²) in [6.07, 6.45) is 0.334. The fraction of sp³-hybridized carbons (Fsp3) is 0.263. The molecule has 1 amide bonds. The van der Waals surface area contributed by atoms with E-state index in [0.29, 0.717) is 13.0 Å². The molecule has 0 saturated heterocycles. The monoisotopic (exact) mass is 311 g/mol. The van der Waals surface area contributed by atoms with Crippen molar-refractivity contribution in [3.63, 3.8) is 0 Å². The molecule has 0 fully saturated rings. The lowest BCUT2D eigenvalue weighted by atomic mass is 9.98. The van der Waals surface area contributed by atoms with Gasteiger partial charge in [0.05, 0.1) is 6.61 Å². The molecule has 4 heteroatoms. The third-order valence-electron chi connectivity index (χ3n) is 3.48. The maximum atomic E-state index is 12.4. The molecule has 2 aromatic rings. The first kappa shape index (κ1) is 16.7. The van der Waals surface area contributed by atoms with Crippen molar-refractivity contribution in [3.05, 3.63) is 71.8 Å². The van der Waals surface area contributed by atoms with Crippen molar-refractivity contribution in [1.29, 1.82) is 0 Å². The van der Waals surface area contributed by atoms with Gasteiger partial charge >= 0.3 is 5.97 Å². The summed E-state index contributed by atoms with van der Waals surface area (Å²) in [6, 6.07) is 19.1. The Bertz CT molecular complexity index is 626. The van der Waals surface area contributed by atoms with E-state index in [1.54, 1.807) is 6.92 Å². The number of rotatable bonds is 7. The molecule has 0 aliphatic carbocycles. The van der Waals surface area contributed by atoms with Crippen LogP contribution in [0, 0.1) is 5.92 Å². The van der Waals surface area contributed by atoms with Crippen LogP contribution in [-0.2, 0) is 27.3 Å². The van der Waals surface area contributed by atoms with E-state index < -0.39 is 11.9 Å². The van der Waals surface area contributed by atoms with Crippen LogP contribution in [0.25, 0.3) is 0 Å². The average Bonchev–Trinajstić information content (AvgIpc) is 2.59. The van der Waals surface area contributed by atoms with E-state index in [4.69, 9.17) is 4.74 Å². The first-order chi connectivity index (χ1) is 11.2. The Morgan fingerprint density at radius 3 is 2.09 bits per heavy atom. The standard InChI is InChI=1S/C19H21NO3/c1-2-23-19(22)17(13-15-9-5-3-6-10-15)18(21)20-14-16-11-7-4-8-12-16/h3-12,17H,2,13-14H2,1H3,(H,20,21)/t17-/m0/s1. The number of nitrogens with one attached hydrogen (secondary N) is 1. The van der Waals surface area contributed by atoms with E-state index in [0.717, 1.165) is 11.1 Å². The molecular weight excluding hydrogens is 290 g/mol. The zero-order chi connectivity index (χ0) is 16.5. The van der Waals surface area contributed by atoms with Crippen molar-refractivity contribution in [2.45, 2.75) is 19.9 Å². The van der Waals surface area contributed by atoms with Gasteiger partial charge in [-0.3, -0.25) is 9.59 Å². The maximum Gasteiger partial charge on any atom is 0.318 e. The van der Waals surface area contributed by atoms with Gasteiger partial charge in [-0.15, -0.1) is 0 Å². The van der Waals surface area contributed by atoms with Gasteiger partial charge in [-0.05, 0) is 24.5 Å². The van der Waals surface area contributed by atoms with Gasteiger partial charge in [0.25, 0.3) is 0 Å². The molecule has 0 spiro atoms. The van der Waals surface area contributed by atoms with E-state index in [2.05, 4.69) is 5.32 Å². The van der Waals surface area contributed by atoms with Gasteiger partial charge in [0.15, 0.2) is 0 Å². The smallest absolute Gasteiger partial charge is 0.318 e. The van der Waals surface area contributed by atoms with Crippen LogP contribution < -0.4 is 5.32 Å². The number of esters is 1. The number of benzene rings is 2. The summed E-state index contributed by atoms with van der Waals surface area (Å²) in [5.74, 6) is -1.63. The highest BCUT2D eigenvalue weighted by Crippen LogP contribution is 2.12. The number of hydrogen-bond acceptors (Lipinski definition) is 3. The van der Waals surface area contributed by atoms with E-state index in [1.807, 2.05) is 60.7 Å². The Labute approximate surface area is 136 Å². The van der Waals surface area contributed by atoms with Gasteiger partial charge in [0.2, 0.25) is 5.91 Å². The molecule has 0 aromatic heterocycles. The molecule has 2 aromatic carbocycles. The van der Waals surface area contributed by atoms with Crippen molar-refractivity contribution in [1.82, 2.24) is 5.32 Å². The minimum absolute atomic E-state index is 0.260.